The molecule has 10 amide bonds. The van der Waals surface area contributed by atoms with Crippen molar-refractivity contribution in [2.45, 2.75) is 315 Å². The van der Waals surface area contributed by atoms with Gasteiger partial charge in [0.1, 0.15) is 0 Å². The molecule has 20 heteroatoms. The van der Waals surface area contributed by atoms with E-state index in [2.05, 4.69) is 0 Å². The van der Waals surface area contributed by atoms with Gasteiger partial charge in [-0.3, -0.25) is 72.4 Å². The number of hydrogen-bond acceptors (Lipinski definition) is 14. The minimum absolute atomic E-state index is 0.00283. The van der Waals surface area contributed by atoms with Crippen LogP contribution in [-0.4, -0.2) is 155 Å². The normalized spacial score (nSPS) is 45.0. The van der Waals surface area contributed by atoms with Crippen molar-refractivity contribution in [3.63, 3.8) is 0 Å². The third-order valence-corrected chi connectivity index (χ3v) is 38.5. The van der Waals surface area contributed by atoms with Crippen molar-refractivity contribution in [3.8, 4) is 0 Å². The first kappa shape index (κ1) is 73.1. The first-order valence-corrected chi connectivity index (χ1v) is 44.1. The van der Waals surface area contributed by atoms with Crippen molar-refractivity contribution < 1.29 is 61.1 Å². The lowest BCUT2D eigenvalue weighted by atomic mass is 9.49. The SMILES string of the molecule is CCC(C)(C)C(=O)N1C(=O)C2C1C1C3CCCC3C2S1(=O)=O.CCC(C)(C)C(=O)N1C(=O)C2C3CC(C4CCCC43)C21.CCC(C)(C)C(=O)N1C(=O)C2C3CCC(C4CCCC43)C21.CCC(C)(C)C(=O)N1C(=O)C2C3OC(C4CCCC43)C21.CCC(C)(C)C(=O)N1C(=O)C2C3SC(C4CCCC43)C21. The zero-order chi connectivity index (χ0) is 73.7. The second-order valence-corrected chi connectivity index (χ2v) is 43.4. The Hall–Kier alpha value is -4.04. The lowest BCUT2D eigenvalue weighted by Crippen LogP contribution is -2.74. The van der Waals surface area contributed by atoms with Gasteiger partial charge < -0.3 is 4.74 Å². The molecule has 30 unspecified atom stereocenters. The van der Waals surface area contributed by atoms with E-state index in [0.717, 1.165) is 80.5 Å². The van der Waals surface area contributed by atoms with Crippen LogP contribution < -0.4 is 0 Å². The zero-order valence-corrected chi connectivity index (χ0v) is 66.1. The van der Waals surface area contributed by atoms with Gasteiger partial charge in [0.05, 0.1) is 82.5 Å². The fraction of sp³-hybridized carbons (Fsp3) is 0.880. The highest BCUT2D eigenvalue weighted by atomic mass is 32.2. The molecule has 103 heavy (non-hydrogen) atoms. The standard InChI is InChI=1S/C18H27NO2.C17H25NO2.C16H23NO4S.C16H23NO3.C16H23NO2S/c1-4-18(2,3)17(21)19-15-13-9-8-12(14(15)16(19)20)10-6-5-7-11(10)13;1-4-17(2,3)16(20)18-14-12-8-11(13(14)15(18)19)9-6-5-7-10(9)12;1-4-16(2,3)15(19)17-11-10(14(17)18)12-8-6-5-7-9(8)13(11)22(12,20)21;2*1-4-16(2,3)15(19)17-11-10(14(17)18)12-8-6-5-7-9(8)13(11)20-12/h10-15H,4-9H2,1-3H3;9-14H,4-8H2,1-3H3;8-13H,4-7H2,1-3H3;2*8-13H,4-7H2,1-3H3. The summed E-state index contributed by atoms with van der Waals surface area (Å²) in [6.45, 7) is 29.4. The lowest BCUT2D eigenvalue weighted by molar-refractivity contribution is -0.199. The lowest BCUT2D eigenvalue weighted by Gasteiger charge is -2.63. The molecule has 11 aliphatic heterocycles. The number of fused-ring (bicyclic) bond motifs is 33. The van der Waals surface area contributed by atoms with Gasteiger partial charge >= 0.3 is 0 Å². The summed E-state index contributed by atoms with van der Waals surface area (Å²) < 4.78 is 31.7. The van der Waals surface area contributed by atoms with E-state index in [4.69, 9.17) is 4.74 Å². The Kier molecular flexibility index (Phi) is 17.7. The molecule has 21 aliphatic rings. The average molecular weight is 1460 g/mol. The van der Waals surface area contributed by atoms with Gasteiger partial charge in [-0.25, -0.2) is 8.42 Å². The summed E-state index contributed by atoms with van der Waals surface area (Å²) in [4.78, 5) is 134. The van der Waals surface area contributed by atoms with E-state index in [1.807, 2.05) is 116 Å². The van der Waals surface area contributed by atoms with Crippen molar-refractivity contribution in [3.05, 3.63) is 0 Å². The van der Waals surface area contributed by atoms with Crippen LogP contribution in [0.5, 0.6) is 0 Å². The summed E-state index contributed by atoms with van der Waals surface area (Å²) in [5.41, 5.74) is -2.25. The summed E-state index contributed by atoms with van der Waals surface area (Å²) in [6, 6.07) is 0.430. The molecule has 0 aromatic heterocycles. The number of rotatable bonds is 10. The van der Waals surface area contributed by atoms with Crippen LogP contribution in [0, 0.1) is 140 Å². The van der Waals surface area contributed by atoms with Crippen molar-refractivity contribution in [1.29, 1.82) is 0 Å². The van der Waals surface area contributed by atoms with Gasteiger partial charge in [-0.15, -0.1) is 0 Å². The zero-order valence-electron chi connectivity index (χ0n) is 64.4. The number of nitrogens with zero attached hydrogens (tertiary/aromatic N) is 5. The highest BCUT2D eigenvalue weighted by Crippen LogP contribution is 2.69. The second kappa shape index (κ2) is 25.0. The number of imide groups is 5. The number of thioether (sulfide) groups is 1. The summed E-state index contributed by atoms with van der Waals surface area (Å²) in [6.07, 6.45) is 26.3. The van der Waals surface area contributed by atoms with Crippen LogP contribution in [0.1, 0.15) is 252 Å². The maximum atomic E-state index is 12.8. The quantitative estimate of drug-likeness (QED) is 0.185. The average Bonchev–Trinajstić information content (AvgIpc) is 1.64. The monoisotopic (exact) mass is 1460 g/mol. The van der Waals surface area contributed by atoms with E-state index < -0.39 is 53.3 Å². The smallest absolute Gasteiger partial charge is 0.237 e. The highest BCUT2D eigenvalue weighted by molar-refractivity contribution is 8.01. The molecule has 0 radical (unpaired) electrons. The molecule has 568 valence electrons. The molecule has 11 heterocycles. The van der Waals surface area contributed by atoms with Gasteiger partial charge in [-0.2, -0.15) is 11.8 Å². The molecule has 0 aromatic carbocycles. The number of carbonyl (C=O) groups is 10. The van der Waals surface area contributed by atoms with Crippen LogP contribution in [0.2, 0.25) is 0 Å². The van der Waals surface area contributed by atoms with Crippen LogP contribution in [0.25, 0.3) is 0 Å². The first-order valence-electron chi connectivity index (χ1n) is 41.5. The van der Waals surface area contributed by atoms with E-state index in [1.54, 1.807) is 19.6 Å². The van der Waals surface area contributed by atoms with Gasteiger partial charge in [0, 0.05) is 37.6 Å². The van der Waals surface area contributed by atoms with Gasteiger partial charge in [0.2, 0.25) is 59.1 Å². The number of amides is 10. The molecule has 0 spiro atoms. The molecule has 10 bridgehead atoms. The summed E-state index contributed by atoms with van der Waals surface area (Å²) in [7, 11) is -3.25. The van der Waals surface area contributed by atoms with Crippen LogP contribution in [0.15, 0.2) is 0 Å². The second-order valence-electron chi connectivity index (χ2n) is 39.7. The summed E-state index contributed by atoms with van der Waals surface area (Å²) in [5, 5.41) is 0.0891. The number of likely N-dealkylation sites (tertiary alicyclic amines) is 5. The Morgan fingerprint density at radius 3 is 1.16 bits per heavy atom. The largest absolute Gasteiger partial charge is 0.371 e. The Bertz CT molecular complexity index is 3500. The fourth-order valence-electron chi connectivity index (χ4n) is 26.6. The number of carbonyl (C=O) groups excluding carboxylic acids is 10. The van der Waals surface area contributed by atoms with Crippen molar-refractivity contribution >= 4 is 80.7 Å². The molecule has 21 fully saturated rings. The first-order chi connectivity index (χ1) is 48.6. The molecular formula is C83H121N5O13S2. The van der Waals surface area contributed by atoms with Crippen LogP contribution in [0.4, 0.5) is 0 Å². The molecule has 30 atom stereocenters. The number of β-lactam (4-membered cyclic amide) rings is 5. The Balaban J connectivity index is 0.0000000994. The fourth-order valence-corrected chi connectivity index (χ4v) is 32.3. The van der Waals surface area contributed by atoms with Gasteiger partial charge in [-0.05, 0) is 198 Å². The Labute approximate surface area is 617 Å². The third kappa shape index (κ3) is 10.0. The predicted molar refractivity (Wildman–Crippen MR) is 388 cm³/mol. The van der Waals surface area contributed by atoms with E-state index in [-0.39, 0.29) is 137 Å². The van der Waals surface area contributed by atoms with Crippen LogP contribution in [-0.2, 0) is 62.5 Å². The molecule has 11 saturated heterocycles. The molecule has 10 saturated carbocycles. The topological polar surface area (TPSA) is 230 Å². The van der Waals surface area contributed by atoms with Crippen molar-refractivity contribution in [2.75, 3.05) is 0 Å². The van der Waals surface area contributed by atoms with E-state index in [1.165, 1.54) is 101 Å². The molecule has 10 aliphatic carbocycles. The minimum Gasteiger partial charge on any atom is -0.371 e. The third-order valence-electron chi connectivity index (χ3n) is 33.8. The van der Waals surface area contributed by atoms with E-state index in [9.17, 15) is 56.4 Å². The molecule has 18 nitrogen and oxygen atoms in total. The summed E-state index contributed by atoms with van der Waals surface area (Å²) >= 11 is 2.03. The molecule has 0 aromatic rings. The van der Waals surface area contributed by atoms with E-state index in [0.29, 0.717) is 52.4 Å². The molecule has 21 rings (SSSR count). The van der Waals surface area contributed by atoms with Gasteiger partial charge in [0.25, 0.3) is 0 Å². The Morgan fingerprint density at radius 1 is 0.330 bits per heavy atom. The van der Waals surface area contributed by atoms with Gasteiger partial charge in [-0.1, -0.05) is 136 Å². The molecular weight excluding hydrogens is 1340 g/mol. The Morgan fingerprint density at radius 2 is 0.660 bits per heavy atom. The highest BCUT2D eigenvalue weighted by Gasteiger charge is 2.79. The number of ether oxygens (including phenoxy) is 1. The van der Waals surface area contributed by atoms with Crippen LogP contribution >= 0.6 is 11.8 Å². The minimum atomic E-state index is -3.25. The predicted octanol–water partition coefficient (Wildman–Crippen LogP) is 12.1. The number of hydrogen-bond donors (Lipinski definition) is 0. The van der Waals surface area contributed by atoms with Crippen molar-refractivity contribution in [1.82, 2.24) is 24.5 Å². The molecule has 0 N–H and O–H groups in total. The summed E-state index contributed by atoms with van der Waals surface area (Å²) in [5.74, 6) is 9.09. The van der Waals surface area contributed by atoms with Gasteiger partial charge in [0.15, 0.2) is 9.84 Å². The maximum absolute atomic E-state index is 12.8. The van der Waals surface area contributed by atoms with Crippen molar-refractivity contribution in [2.24, 2.45) is 140 Å². The van der Waals surface area contributed by atoms with Crippen LogP contribution in [0.3, 0.4) is 0 Å². The maximum Gasteiger partial charge on any atom is 0.237 e. The number of sulfone groups is 1. The van der Waals surface area contributed by atoms with E-state index >= 15 is 0 Å².